The Labute approximate surface area is 232 Å². The average molecular weight is 561 g/mol. The highest BCUT2D eigenvalue weighted by molar-refractivity contribution is 5.85. The Hall–Kier alpha value is -2.97. The summed E-state index contributed by atoms with van der Waals surface area (Å²) in [5.74, 6) is -0.986. The predicted octanol–water partition coefficient (Wildman–Crippen LogP) is 5.50. The Kier molecular flexibility index (Phi) is 8.90. The van der Waals surface area contributed by atoms with Gasteiger partial charge in [-0.1, -0.05) is 38.1 Å². The van der Waals surface area contributed by atoms with Gasteiger partial charge in [-0.3, -0.25) is 4.79 Å². The lowest BCUT2D eigenvalue weighted by molar-refractivity contribution is -0.183. The van der Waals surface area contributed by atoms with E-state index < -0.39 is 41.4 Å². The Morgan fingerprint density at radius 2 is 1.68 bits per heavy atom. The third-order valence-corrected chi connectivity index (χ3v) is 7.08. The fourth-order valence-corrected chi connectivity index (χ4v) is 5.06. The topological polar surface area (TPSA) is 89.8 Å². The van der Waals surface area contributed by atoms with Crippen molar-refractivity contribution in [2.45, 2.75) is 89.6 Å². The van der Waals surface area contributed by atoms with Crippen molar-refractivity contribution in [2.24, 2.45) is 5.92 Å². The van der Waals surface area contributed by atoms with Gasteiger partial charge in [-0.05, 0) is 55.2 Å². The molecule has 1 unspecified atom stereocenters. The van der Waals surface area contributed by atoms with Crippen LogP contribution in [-0.2, 0) is 43.1 Å². The molecule has 2 aromatic carbocycles. The van der Waals surface area contributed by atoms with Gasteiger partial charge in [0.25, 0.3) is 5.91 Å². The number of carbonyl (C=O) groups excluding carboxylic acids is 1. The smallest absolute Gasteiger partial charge is 0.371 e. The summed E-state index contributed by atoms with van der Waals surface area (Å²) in [5.41, 5.74) is -0.173. The fourth-order valence-electron chi connectivity index (χ4n) is 5.06. The van der Waals surface area contributed by atoms with E-state index in [1.54, 1.807) is 38.1 Å². The van der Waals surface area contributed by atoms with Crippen LogP contribution < -0.4 is 5.32 Å². The van der Waals surface area contributed by atoms with Gasteiger partial charge in [0.1, 0.15) is 6.10 Å². The van der Waals surface area contributed by atoms with E-state index in [0.29, 0.717) is 17.7 Å². The number of nitriles is 1. The minimum Gasteiger partial charge on any atom is -0.371 e. The summed E-state index contributed by atoms with van der Waals surface area (Å²) >= 11 is 0. The lowest BCUT2D eigenvalue weighted by atomic mass is 9.78. The molecule has 40 heavy (non-hydrogen) atoms. The number of alkyl halides is 3. The van der Waals surface area contributed by atoms with Crippen molar-refractivity contribution in [2.75, 3.05) is 6.54 Å². The number of nitrogens with one attached hydrogen (secondary N) is 1. The van der Waals surface area contributed by atoms with Crippen LogP contribution in [-0.4, -0.2) is 42.2 Å². The Balaban J connectivity index is 1.58. The molecule has 7 nitrogen and oxygen atoms in total. The largest absolute Gasteiger partial charge is 0.416 e. The average Bonchev–Trinajstić information content (AvgIpc) is 3.22. The number of amides is 1. The summed E-state index contributed by atoms with van der Waals surface area (Å²) in [6.45, 7) is 8.16. The standard InChI is InChI=1S/C30H35F3N2O5/c1-19(2)16-35-27(36)29(38-18-22-7-5-20(15-34)6-8-22)13-24(26-25(14-29)39-28(3,4)40-26)37-17-21-9-11-23(12-10-21)30(31,32)33/h5-12,19,24-26H,13-14,16-18H2,1-4H3,(H,35,36)/t24?,25-,26+,29-/m1/s1. The van der Waals surface area contributed by atoms with E-state index in [1.807, 2.05) is 13.8 Å². The Morgan fingerprint density at radius 1 is 1.05 bits per heavy atom. The van der Waals surface area contributed by atoms with E-state index in [0.717, 1.165) is 17.7 Å². The molecule has 0 spiro atoms. The van der Waals surface area contributed by atoms with Crippen LogP contribution in [0.1, 0.15) is 62.8 Å². The van der Waals surface area contributed by atoms with Crippen LogP contribution in [0.5, 0.6) is 0 Å². The molecule has 1 heterocycles. The predicted molar refractivity (Wildman–Crippen MR) is 140 cm³/mol. The second-order valence-electron chi connectivity index (χ2n) is 11.3. The third kappa shape index (κ3) is 7.21. The van der Waals surface area contributed by atoms with Crippen molar-refractivity contribution in [3.8, 4) is 6.07 Å². The van der Waals surface area contributed by atoms with E-state index in [1.165, 1.54) is 12.1 Å². The second-order valence-corrected chi connectivity index (χ2v) is 11.3. The molecule has 1 saturated carbocycles. The molecule has 0 aromatic heterocycles. The minimum absolute atomic E-state index is 0.0229. The summed E-state index contributed by atoms with van der Waals surface area (Å²) < 4.78 is 64.0. The normalized spacial score (nSPS) is 25.8. The van der Waals surface area contributed by atoms with Crippen LogP contribution >= 0.6 is 0 Å². The van der Waals surface area contributed by atoms with Crippen molar-refractivity contribution in [3.05, 3.63) is 70.8 Å². The van der Waals surface area contributed by atoms with E-state index in [-0.39, 0.29) is 37.9 Å². The molecule has 2 aliphatic rings. The maximum absolute atomic E-state index is 13.7. The zero-order valence-corrected chi connectivity index (χ0v) is 23.1. The first-order valence-electron chi connectivity index (χ1n) is 13.3. The molecule has 2 aromatic rings. The van der Waals surface area contributed by atoms with Gasteiger partial charge >= 0.3 is 6.18 Å². The molecule has 1 saturated heterocycles. The first-order valence-corrected chi connectivity index (χ1v) is 13.3. The van der Waals surface area contributed by atoms with Gasteiger partial charge in [0.2, 0.25) is 0 Å². The van der Waals surface area contributed by atoms with E-state index >= 15 is 0 Å². The number of fused-ring (bicyclic) bond motifs is 1. The van der Waals surface area contributed by atoms with Crippen LogP contribution in [0.25, 0.3) is 0 Å². The molecule has 1 aliphatic carbocycles. The quantitative estimate of drug-likeness (QED) is 0.436. The van der Waals surface area contributed by atoms with Gasteiger partial charge in [-0.25, -0.2) is 0 Å². The number of carbonyl (C=O) groups is 1. The van der Waals surface area contributed by atoms with Gasteiger partial charge in [0.05, 0.1) is 42.6 Å². The zero-order chi connectivity index (χ0) is 29.1. The molecular weight excluding hydrogens is 525 g/mol. The molecule has 216 valence electrons. The maximum atomic E-state index is 13.7. The molecule has 4 atom stereocenters. The van der Waals surface area contributed by atoms with Crippen LogP contribution in [0, 0.1) is 17.2 Å². The summed E-state index contributed by atoms with van der Waals surface area (Å²) in [6.07, 6.45) is -5.66. The van der Waals surface area contributed by atoms with E-state index in [9.17, 15) is 18.0 Å². The van der Waals surface area contributed by atoms with Crippen molar-refractivity contribution >= 4 is 5.91 Å². The summed E-state index contributed by atoms with van der Waals surface area (Å²) in [6, 6.07) is 13.8. The molecule has 1 aliphatic heterocycles. The third-order valence-electron chi connectivity index (χ3n) is 7.08. The van der Waals surface area contributed by atoms with E-state index in [4.69, 9.17) is 24.2 Å². The SMILES string of the molecule is CC(C)CNC(=O)[C@@]1(OCc2ccc(C#N)cc2)CC(OCc2ccc(C(F)(F)F)cc2)[C@@H]2OC(C)(C)O[C@@H]2C1. The number of rotatable bonds is 9. The van der Waals surface area contributed by atoms with Crippen LogP contribution in [0.15, 0.2) is 48.5 Å². The summed E-state index contributed by atoms with van der Waals surface area (Å²) in [4.78, 5) is 13.7. The molecular formula is C30H35F3N2O5. The van der Waals surface area contributed by atoms with Crippen molar-refractivity contribution in [3.63, 3.8) is 0 Å². The van der Waals surface area contributed by atoms with Gasteiger partial charge in [-0.15, -0.1) is 0 Å². The van der Waals surface area contributed by atoms with Crippen LogP contribution in [0.4, 0.5) is 13.2 Å². The molecule has 2 fully saturated rings. The Morgan fingerprint density at radius 3 is 2.27 bits per heavy atom. The first-order chi connectivity index (χ1) is 18.8. The summed E-state index contributed by atoms with van der Waals surface area (Å²) in [5, 5.41) is 12.1. The number of nitrogens with zero attached hydrogens (tertiary/aromatic N) is 1. The lowest BCUT2D eigenvalue weighted by Crippen LogP contribution is -2.60. The highest BCUT2D eigenvalue weighted by Gasteiger charge is 2.58. The monoisotopic (exact) mass is 560 g/mol. The Bertz CT molecular complexity index is 1210. The molecule has 4 rings (SSSR count). The summed E-state index contributed by atoms with van der Waals surface area (Å²) in [7, 11) is 0. The van der Waals surface area contributed by atoms with Gasteiger partial charge in [0.15, 0.2) is 11.4 Å². The molecule has 1 N–H and O–H groups in total. The van der Waals surface area contributed by atoms with Crippen LogP contribution in [0.3, 0.4) is 0 Å². The number of halogens is 3. The van der Waals surface area contributed by atoms with Crippen molar-refractivity contribution < 1.29 is 36.9 Å². The number of hydrogen-bond donors (Lipinski definition) is 1. The molecule has 1 amide bonds. The van der Waals surface area contributed by atoms with E-state index in [2.05, 4.69) is 11.4 Å². The van der Waals surface area contributed by atoms with Gasteiger partial charge in [0, 0.05) is 19.4 Å². The second kappa shape index (κ2) is 11.9. The minimum atomic E-state index is -4.42. The van der Waals surface area contributed by atoms with Crippen molar-refractivity contribution in [1.29, 1.82) is 5.26 Å². The molecule has 10 heteroatoms. The van der Waals surface area contributed by atoms with Gasteiger partial charge in [-0.2, -0.15) is 18.4 Å². The molecule has 0 radical (unpaired) electrons. The number of hydrogen-bond acceptors (Lipinski definition) is 6. The van der Waals surface area contributed by atoms with Gasteiger partial charge < -0.3 is 24.3 Å². The zero-order valence-electron chi connectivity index (χ0n) is 23.1. The first kappa shape index (κ1) is 30.0. The highest BCUT2D eigenvalue weighted by Crippen LogP contribution is 2.44. The number of benzene rings is 2. The maximum Gasteiger partial charge on any atom is 0.416 e. The highest BCUT2D eigenvalue weighted by atomic mass is 19.4. The number of ether oxygens (including phenoxy) is 4. The lowest BCUT2D eigenvalue weighted by Gasteiger charge is -2.43. The van der Waals surface area contributed by atoms with Crippen LogP contribution in [0.2, 0.25) is 0 Å². The fraction of sp³-hybridized carbons (Fsp3) is 0.533. The van der Waals surface area contributed by atoms with Crippen molar-refractivity contribution in [1.82, 2.24) is 5.32 Å². The molecule has 0 bridgehead atoms.